The van der Waals surface area contributed by atoms with Crippen LogP contribution in [0, 0.1) is 45.3 Å². The lowest BCUT2D eigenvalue weighted by Crippen LogP contribution is -2.50. The summed E-state index contributed by atoms with van der Waals surface area (Å²) in [6, 6.07) is 5.54. The van der Waals surface area contributed by atoms with Crippen LogP contribution in [0.5, 0.6) is 5.75 Å². The van der Waals surface area contributed by atoms with Gasteiger partial charge in [0.2, 0.25) is 5.78 Å². The summed E-state index contributed by atoms with van der Waals surface area (Å²) < 4.78 is 0. The molecule has 2 N–H and O–H groups in total. The van der Waals surface area contributed by atoms with Gasteiger partial charge in [0.15, 0.2) is 5.78 Å². The number of carbonyl (C=O) groups is 2. The molecule has 2 saturated carbocycles. The number of carbonyl (C=O) groups excluding carboxylic acids is 2. The van der Waals surface area contributed by atoms with Crippen molar-refractivity contribution in [1.29, 1.82) is 0 Å². The van der Waals surface area contributed by atoms with Crippen LogP contribution in [0.15, 0.2) is 64.9 Å². The van der Waals surface area contributed by atoms with Gasteiger partial charge in [0.1, 0.15) is 5.75 Å². The third-order valence-electron chi connectivity index (χ3n) is 14.9. The average molecular weight is 624 g/mol. The van der Waals surface area contributed by atoms with Crippen molar-refractivity contribution in [2.24, 2.45) is 45.3 Å². The van der Waals surface area contributed by atoms with Gasteiger partial charge in [0, 0.05) is 17.3 Å². The summed E-state index contributed by atoms with van der Waals surface area (Å²) in [5.41, 5.74) is 5.98. The molecule has 8 atom stereocenters. The number of benzene rings is 1. The Morgan fingerprint density at radius 2 is 1.30 bits per heavy atom. The van der Waals surface area contributed by atoms with E-state index in [0.717, 1.165) is 43.4 Å². The highest BCUT2D eigenvalue weighted by Crippen LogP contribution is 2.63. The van der Waals surface area contributed by atoms with Gasteiger partial charge in [0.05, 0.1) is 5.70 Å². The Labute approximate surface area is 277 Å². The number of anilines is 1. The number of rotatable bonds is 6. The number of phenols is 1. The molecule has 8 unspecified atom stereocenters. The van der Waals surface area contributed by atoms with E-state index in [1.807, 2.05) is 12.1 Å². The summed E-state index contributed by atoms with van der Waals surface area (Å²) in [5.74, 6) is 2.16. The molecule has 1 aromatic carbocycles. The van der Waals surface area contributed by atoms with E-state index in [2.05, 4.69) is 72.9 Å². The fourth-order valence-electron chi connectivity index (χ4n) is 11.0. The Morgan fingerprint density at radius 1 is 0.761 bits per heavy atom. The number of hydrogen-bond donors (Lipinski definition) is 2. The standard InChI is InChI=1S/C42H57NO3/c1-26-11-9-13-37-39(26,5)19-17-28(3)41(37,7)24-30-21-32(15-16-34(30)44)43-33-23-35(45)31(22-36(33)46)25-42(8)29(4)18-20-40(6)27(2)12-10-14-38(40)42/h11-12,15-16,21-23,28-29,37-38,43-44H,9-10,13-14,17-20,24-25H2,1-8H3. The molecule has 46 heavy (non-hydrogen) atoms. The molecule has 5 aliphatic carbocycles. The maximum atomic E-state index is 13.6. The molecule has 0 heterocycles. The number of phenolic OH excluding ortho intramolecular Hbond substituents is 1. The van der Waals surface area contributed by atoms with Crippen LogP contribution in [0.25, 0.3) is 0 Å². The molecule has 6 rings (SSSR count). The Kier molecular flexibility index (Phi) is 8.38. The lowest BCUT2D eigenvalue weighted by atomic mass is 9.46. The van der Waals surface area contributed by atoms with E-state index >= 15 is 0 Å². The van der Waals surface area contributed by atoms with E-state index in [1.165, 1.54) is 42.9 Å². The molecular formula is C42H57NO3. The van der Waals surface area contributed by atoms with Crippen LogP contribution >= 0.6 is 0 Å². The van der Waals surface area contributed by atoms with Crippen molar-refractivity contribution in [1.82, 2.24) is 0 Å². The molecule has 1 aromatic rings. The molecule has 0 aromatic heterocycles. The molecule has 0 bridgehead atoms. The van der Waals surface area contributed by atoms with Gasteiger partial charge in [-0.2, -0.15) is 0 Å². The number of ketones is 2. The monoisotopic (exact) mass is 623 g/mol. The van der Waals surface area contributed by atoms with E-state index in [-0.39, 0.29) is 33.2 Å². The van der Waals surface area contributed by atoms with Gasteiger partial charge in [-0.1, -0.05) is 64.8 Å². The zero-order valence-corrected chi connectivity index (χ0v) is 29.7. The maximum absolute atomic E-state index is 13.6. The molecule has 5 aliphatic rings. The minimum absolute atomic E-state index is 0.0377. The van der Waals surface area contributed by atoms with E-state index < -0.39 is 0 Å². The van der Waals surface area contributed by atoms with E-state index in [0.29, 0.717) is 47.1 Å². The Hall–Kier alpha value is -2.88. The third kappa shape index (κ3) is 5.27. The second-order valence-corrected chi connectivity index (χ2v) is 17.0. The summed E-state index contributed by atoms with van der Waals surface area (Å²) in [7, 11) is 0. The van der Waals surface area contributed by atoms with Crippen LogP contribution < -0.4 is 5.32 Å². The zero-order chi connectivity index (χ0) is 33.2. The predicted octanol–water partition coefficient (Wildman–Crippen LogP) is 10.3. The van der Waals surface area contributed by atoms with E-state index in [4.69, 9.17) is 0 Å². The molecule has 0 spiro atoms. The second-order valence-electron chi connectivity index (χ2n) is 17.0. The van der Waals surface area contributed by atoms with Gasteiger partial charge in [-0.15, -0.1) is 0 Å². The number of hydrogen-bond acceptors (Lipinski definition) is 4. The zero-order valence-electron chi connectivity index (χ0n) is 29.7. The number of fused-ring (bicyclic) bond motifs is 2. The second kappa shape index (κ2) is 11.7. The first-order chi connectivity index (χ1) is 21.6. The van der Waals surface area contributed by atoms with Crippen molar-refractivity contribution >= 4 is 17.3 Å². The minimum Gasteiger partial charge on any atom is -0.508 e. The van der Waals surface area contributed by atoms with E-state index in [1.54, 1.807) is 12.1 Å². The molecular weight excluding hydrogens is 566 g/mol. The highest BCUT2D eigenvalue weighted by atomic mass is 16.3. The van der Waals surface area contributed by atoms with Crippen molar-refractivity contribution in [2.75, 3.05) is 5.32 Å². The number of aromatic hydroxyl groups is 1. The van der Waals surface area contributed by atoms with Crippen LogP contribution in [0.3, 0.4) is 0 Å². The summed E-state index contributed by atoms with van der Waals surface area (Å²) in [6.45, 7) is 19.0. The summed E-state index contributed by atoms with van der Waals surface area (Å²) in [5, 5.41) is 14.3. The molecule has 0 radical (unpaired) electrons. The van der Waals surface area contributed by atoms with Crippen LogP contribution in [-0.2, 0) is 16.0 Å². The first-order valence-electron chi connectivity index (χ1n) is 18.1. The average Bonchev–Trinajstić information content (AvgIpc) is 3.00. The smallest absolute Gasteiger partial charge is 0.202 e. The summed E-state index contributed by atoms with van der Waals surface area (Å²) >= 11 is 0. The van der Waals surface area contributed by atoms with Crippen molar-refractivity contribution in [3.63, 3.8) is 0 Å². The van der Waals surface area contributed by atoms with Crippen molar-refractivity contribution in [2.45, 2.75) is 120 Å². The topological polar surface area (TPSA) is 66.4 Å². The Bertz CT molecular complexity index is 1560. The van der Waals surface area contributed by atoms with Crippen molar-refractivity contribution in [3.8, 4) is 5.75 Å². The minimum atomic E-state index is -0.146. The summed E-state index contributed by atoms with van der Waals surface area (Å²) in [6.07, 6.45) is 18.7. The number of allylic oxidation sites excluding steroid dienone is 7. The SMILES string of the molecule is CC1=CCCC2C1(C)CCC(C)C2(C)CC1=CC(=O)C(Nc2ccc(O)c(CC3(C)C(C)CCC4(C)C(C)=CCCC43)c2)=CC1=O. The van der Waals surface area contributed by atoms with Gasteiger partial charge >= 0.3 is 0 Å². The molecule has 248 valence electrons. The lowest BCUT2D eigenvalue weighted by molar-refractivity contribution is -0.116. The summed E-state index contributed by atoms with van der Waals surface area (Å²) in [4.78, 5) is 27.2. The van der Waals surface area contributed by atoms with Crippen molar-refractivity contribution < 1.29 is 14.7 Å². The highest BCUT2D eigenvalue weighted by molar-refractivity contribution is 6.21. The van der Waals surface area contributed by atoms with Crippen LogP contribution in [0.4, 0.5) is 5.69 Å². The van der Waals surface area contributed by atoms with Crippen molar-refractivity contribution in [3.05, 3.63) is 70.5 Å². The molecule has 2 fully saturated rings. The third-order valence-corrected chi connectivity index (χ3v) is 14.9. The Balaban J connectivity index is 1.20. The fraction of sp³-hybridized carbons (Fsp3) is 0.619. The largest absolute Gasteiger partial charge is 0.508 e. The molecule has 0 saturated heterocycles. The first-order valence-corrected chi connectivity index (χ1v) is 18.1. The quantitative estimate of drug-likeness (QED) is 0.188. The van der Waals surface area contributed by atoms with Gasteiger partial charge in [-0.05, 0) is 153 Å². The fourth-order valence-corrected chi connectivity index (χ4v) is 11.0. The Morgan fingerprint density at radius 3 is 1.87 bits per heavy atom. The normalized spacial score (nSPS) is 39.4. The van der Waals surface area contributed by atoms with Gasteiger partial charge < -0.3 is 10.4 Å². The first kappa shape index (κ1) is 33.0. The van der Waals surface area contributed by atoms with E-state index in [9.17, 15) is 14.7 Å². The molecule has 0 aliphatic heterocycles. The molecule has 4 nitrogen and oxygen atoms in total. The maximum Gasteiger partial charge on any atom is 0.202 e. The van der Waals surface area contributed by atoms with Crippen LogP contribution in [0.2, 0.25) is 0 Å². The predicted molar refractivity (Wildman–Crippen MR) is 188 cm³/mol. The van der Waals surface area contributed by atoms with Gasteiger partial charge in [-0.25, -0.2) is 0 Å². The van der Waals surface area contributed by atoms with Gasteiger partial charge in [-0.3, -0.25) is 9.59 Å². The lowest BCUT2D eigenvalue weighted by Gasteiger charge is -2.58. The van der Waals surface area contributed by atoms with Crippen LogP contribution in [0.1, 0.15) is 119 Å². The van der Waals surface area contributed by atoms with Gasteiger partial charge in [0.25, 0.3) is 0 Å². The molecule has 4 heteroatoms. The highest BCUT2D eigenvalue weighted by Gasteiger charge is 2.55. The number of nitrogens with one attached hydrogen (secondary N) is 1. The van der Waals surface area contributed by atoms with Crippen LogP contribution in [-0.4, -0.2) is 16.7 Å². The molecule has 0 amide bonds.